The topological polar surface area (TPSA) is 60.3 Å². The van der Waals surface area contributed by atoms with Crippen LogP contribution in [-0.2, 0) is 0 Å². The van der Waals surface area contributed by atoms with E-state index in [2.05, 4.69) is 11.2 Å². The smallest absolute Gasteiger partial charge is 0.132 e. The highest BCUT2D eigenvalue weighted by atomic mass is 16.5. The van der Waals surface area contributed by atoms with Crippen LogP contribution in [0.4, 0.5) is 0 Å². The van der Waals surface area contributed by atoms with Crippen LogP contribution < -0.4 is 14.2 Å². The van der Waals surface area contributed by atoms with Crippen molar-refractivity contribution in [3.05, 3.63) is 53.1 Å². The zero-order chi connectivity index (χ0) is 16.7. The Labute approximate surface area is 136 Å². The number of ether oxygens (including phenoxy) is 3. The molecule has 0 spiro atoms. The molecule has 0 amide bonds. The molecule has 0 aromatic heterocycles. The average molecular weight is 315 g/mol. The van der Waals surface area contributed by atoms with Gasteiger partial charge in [0.25, 0.3) is 0 Å². The van der Waals surface area contributed by atoms with Crippen molar-refractivity contribution in [2.24, 2.45) is 5.16 Å². The summed E-state index contributed by atoms with van der Waals surface area (Å²) in [6, 6.07) is 11.4. The third-order valence-corrected chi connectivity index (χ3v) is 3.22. The molecular formula is C18H21NO4. The Kier molecular flexibility index (Phi) is 5.86. The lowest BCUT2D eigenvalue weighted by Crippen LogP contribution is -2.10. The Balaban J connectivity index is 1.95. The van der Waals surface area contributed by atoms with E-state index in [-0.39, 0.29) is 0 Å². The molecular weight excluding hydrogens is 294 g/mol. The van der Waals surface area contributed by atoms with Crippen LogP contribution in [0, 0.1) is 13.8 Å². The van der Waals surface area contributed by atoms with Crippen molar-refractivity contribution in [1.29, 1.82) is 0 Å². The fourth-order valence-corrected chi connectivity index (χ4v) is 2.26. The van der Waals surface area contributed by atoms with E-state index in [0.717, 1.165) is 16.9 Å². The second-order valence-electron chi connectivity index (χ2n) is 5.17. The molecule has 0 radical (unpaired) electrons. The number of oxime groups is 1. The van der Waals surface area contributed by atoms with Gasteiger partial charge in [0.1, 0.15) is 30.5 Å². The molecule has 0 saturated heterocycles. The van der Waals surface area contributed by atoms with E-state index in [0.29, 0.717) is 30.3 Å². The summed E-state index contributed by atoms with van der Waals surface area (Å²) >= 11 is 0. The Hall–Kier alpha value is -2.69. The molecule has 0 saturated carbocycles. The van der Waals surface area contributed by atoms with Gasteiger partial charge in [-0.25, -0.2) is 0 Å². The number of hydrogen-bond acceptors (Lipinski definition) is 5. The molecule has 0 aliphatic carbocycles. The minimum Gasteiger partial charge on any atom is -0.497 e. The van der Waals surface area contributed by atoms with Crippen molar-refractivity contribution in [1.82, 2.24) is 0 Å². The summed E-state index contributed by atoms with van der Waals surface area (Å²) in [5.41, 5.74) is 2.99. The van der Waals surface area contributed by atoms with Crippen LogP contribution in [0.3, 0.4) is 0 Å². The van der Waals surface area contributed by atoms with Crippen LogP contribution in [0.2, 0.25) is 0 Å². The van der Waals surface area contributed by atoms with Crippen molar-refractivity contribution in [3.8, 4) is 17.2 Å². The van der Waals surface area contributed by atoms with Gasteiger partial charge in [-0.1, -0.05) is 11.2 Å². The lowest BCUT2D eigenvalue weighted by atomic mass is 10.1. The predicted molar refractivity (Wildman–Crippen MR) is 89.3 cm³/mol. The minimum absolute atomic E-state index is 0.367. The van der Waals surface area contributed by atoms with Gasteiger partial charge in [-0.3, -0.25) is 0 Å². The maximum atomic E-state index is 8.70. The van der Waals surface area contributed by atoms with E-state index in [1.54, 1.807) is 25.3 Å². The average Bonchev–Trinajstić information content (AvgIpc) is 2.52. The third kappa shape index (κ3) is 4.92. The first-order valence-electron chi connectivity index (χ1n) is 7.31. The normalized spacial score (nSPS) is 10.7. The minimum atomic E-state index is 0.367. The molecule has 0 aliphatic rings. The predicted octanol–water partition coefficient (Wildman–Crippen LogP) is 3.58. The van der Waals surface area contributed by atoms with Gasteiger partial charge in [0.05, 0.1) is 13.3 Å². The second-order valence-corrected chi connectivity index (χ2v) is 5.17. The summed E-state index contributed by atoms with van der Waals surface area (Å²) in [5, 5.41) is 11.7. The molecule has 122 valence electrons. The molecule has 0 fully saturated rings. The maximum Gasteiger partial charge on any atom is 0.132 e. The first-order chi connectivity index (χ1) is 11.1. The number of nitrogens with zero attached hydrogens (tertiary/aromatic N) is 1. The number of methoxy groups -OCH3 is 1. The lowest BCUT2D eigenvalue weighted by molar-refractivity contribution is 0.216. The highest BCUT2D eigenvalue weighted by molar-refractivity contribution is 5.83. The summed E-state index contributed by atoms with van der Waals surface area (Å²) in [5.74, 6) is 2.07. The maximum absolute atomic E-state index is 8.70. The third-order valence-electron chi connectivity index (χ3n) is 3.22. The summed E-state index contributed by atoms with van der Waals surface area (Å²) in [6.45, 7) is 4.85. The molecule has 0 bridgehead atoms. The highest BCUT2D eigenvalue weighted by Crippen LogP contribution is 2.23. The van der Waals surface area contributed by atoms with Gasteiger partial charge in [0.2, 0.25) is 0 Å². The molecule has 5 nitrogen and oxygen atoms in total. The standard InChI is InChI=1S/C18H21NO4/c1-13-8-14(2)10-17(9-13)22-6-7-23-18-11-16(21-3)5-4-15(18)12-19-20/h4-5,8-12,20H,6-7H2,1-3H3. The van der Waals surface area contributed by atoms with Crippen molar-refractivity contribution < 1.29 is 19.4 Å². The Morgan fingerprint density at radius 1 is 0.957 bits per heavy atom. The van der Waals surface area contributed by atoms with Gasteiger partial charge >= 0.3 is 0 Å². The molecule has 0 unspecified atom stereocenters. The monoisotopic (exact) mass is 315 g/mol. The van der Waals surface area contributed by atoms with Gasteiger partial charge < -0.3 is 19.4 Å². The molecule has 0 aliphatic heterocycles. The van der Waals surface area contributed by atoms with E-state index < -0.39 is 0 Å². The van der Waals surface area contributed by atoms with Gasteiger partial charge in [-0.2, -0.15) is 0 Å². The molecule has 1 N–H and O–H groups in total. The zero-order valence-electron chi connectivity index (χ0n) is 13.6. The van der Waals surface area contributed by atoms with Crippen molar-refractivity contribution in [2.45, 2.75) is 13.8 Å². The summed E-state index contributed by atoms with van der Waals surface area (Å²) in [7, 11) is 1.59. The number of hydrogen-bond donors (Lipinski definition) is 1. The van der Waals surface area contributed by atoms with Crippen LogP contribution >= 0.6 is 0 Å². The number of aryl methyl sites for hydroxylation is 2. The Morgan fingerprint density at radius 3 is 2.30 bits per heavy atom. The first-order valence-corrected chi connectivity index (χ1v) is 7.31. The summed E-state index contributed by atoms with van der Waals surface area (Å²) < 4.78 is 16.6. The van der Waals surface area contributed by atoms with E-state index >= 15 is 0 Å². The van der Waals surface area contributed by atoms with Crippen LogP contribution in [0.1, 0.15) is 16.7 Å². The SMILES string of the molecule is COc1ccc(C=NO)c(OCCOc2cc(C)cc(C)c2)c1. The van der Waals surface area contributed by atoms with E-state index in [4.69, 9.17) is 19.4 Å². The van der Waals surface area contributed by atoms with Gasteiger partial charge in [-0.05, 0) is 49.2 Å². The number of rotatable bonds is 7. The fraction of sp³-hybridized carbons (Fsp3) is 0.278. The molecule has 2 aromatic carbocycles. The van der Waals surface area contributed by atoms with Crippen molar-refractivity contribution in [2.75, 3.05) is 20.3 Å². The quantitative estimate of drug-likeness (QED) is 0.367. The molecule has 0 atom stereocenters. The Bertz CT molecular complexity index is 662. The molecule has 2 rings (SSSR count). The highest BCUT2D eigenvalue weighted by Gasteiger charge is 2.05. The van der Waals surface area contributed by atoms with E-state index in [9.17, 15) is 0 Å². The molecule has 23 heavy (non-hydrogen) atoms. The van der Waals surface area contributed by atoms with Gasteiger partial charge in [-0.15, -0.1) is 0 Å². The van der Waals surface area contributed by atoms with E-state index in [1.165, 1.54) is 6.21 Å². The van der Waals surface area contributed by atoms with Crippen molar-refractivity contribution >= 4 is 6.21 Å². The first kappa shape index (κ1) is 16.7. The summed E-state index contributed by atoms with van der Waals surface area (Å²) in [6.07, 6.45) is 1.32. The van der Waals surface area contributed by atoms with Crippen LogP contribution in [0.25, 0.3) is 0 Å². The molecule has 5 heteroatoms. The van der Waals surface area contributed by atoms with Crippen LogP contribution in [-0.4, -0.2) is 31.7 Å². The van der Waals surface area contributed by atoms with E-state index in [1.807, 2.05) is 26.0 Å². The lowest BCUT2D eigenvalue weighted by Gasteiger charge is -2.12. The van der Waals surface area contributed by atoms with Gasteiger partial charge in [0.15, 0.2) is 0 Å². The largest absolute Gasteiger partial charge is 0.497 e. The molecule has 0 heterocycles. The summed E-state index contributed by atoms with van der Waals surface area (Å²) in [4.78, 5) is 0. The van der Waals surface area contributed by atoms with Crippen LogP contribution in [0.5, 0.6) is 17.2 Å². The van der Waals surface area contributed by atoms with Gasteiger partial charge in [0, 0.05) is 11.6 Å². The number of benzene rings is 2. The zero-order valence-corrected chi connectivity index (χ0v) is 13.6. The Morgan fingerprint density at radius 2 is 1.65 bits per heavy atom. The second kappa shape index (κ2) is 8.08. The molecule has 2 aromatic rings. The van der Waals surface area contributed by atoms with Crippen molar-refractivity contribution in [3.63, 3.8) is 0 Å². The van der Waals surface area contributed by atoms with Crippen LogP contribution in [0.15, 0.2) is 41.6 Å². The fourth-order valence-electron chi connectivity index (χ4n) is 2.26.